The largest absolute Gasteiger partial charge is 0.507 e. The summed E-state index contributed by atoms with van der Waals surface area (Å²) < 4.78 is 10.6. The monoisotopic (exact) mass is 439 g/mol. The molecule has 168 valence electrons. The number of carboxylic acid groups (broad SMARTS) is 1. The number of methoxy groups -OCH3 is 2. The number of likely N-dealkylation sites (tertiary alicyclic amines) is 1. The average Bonchev–Trinajstić information content (AvgIpc) is 3.03. The second-order valence-corrected chi connectivity index (χ2v) is 7.47. The van der Waals surface area contributed by atoms with E-state index in [-0.39, 0.29) is 30.7 Å². The Hall–Kier alpha value is -3.81. The maximum Gasteiger partial charge on any atom is 0.303 e. The minimum absolute atomic E-state index is 0.0422. The van der Waals surface area contributed by atoms with Gasteiger partial charge in [0.1, 0.15) is 5.76 Å². The van der Waals surface area contributed by atoms with Crippen LogP contribution in [0.5, 0.6) is 11.5 Å². The molecule has 1 atom stereocenters. The molecule has 0 aromatic heterocycles. The van der Waals surface area contributed by atoms with Crippen molar-refractivity contribution < 1.29 is 34.1 Å². The van der Waals surface area contributed by atoms with E-state index in [9.17, 15) is 19.5 Å². The minimum Gasteiger partial charge on any atom is -0.507 e. The van der Waals surface area contributed by atoms with Gasteiger partial charge in [0.15, 0.2) is 11.5 Å². The number of nitrogens with zero attached hydrogens (tertiary/aromatic N) is 1. The van der Waals surface area contributed by atoms with Crippen LogP contribution in [-0.4, -0.2) is 53.5 Å². The standard InChI is InChI=1S/C24H25NO7/c1-14-6-8-15(9-7-14)22(28)20-21(16-10-11-17(31-2)18(13-16)32-3)25(24(30)23(20)29)12-4-5-19(26)27/h6-11,13,21,28H,4-5,12H2,1-3H3,(H,26,27)/b22-20-. The number of hydrogen-bond donors (Lipinski definition) is 2. The molecule has 0 spiro atoms. The van der Waals surface area contributed by atoms with Crippen LogP contribution in [0.3, 0.4) is 0 Å². The molecule has 0 aliphatic carbocycles. The molecular weight excluding hydrogens is 414 g/mol. The number of ketones is 1. The van der Waals surface area contributed by atoms with Crippen molar-refractivity contribution in [2.24, 2.45) is 0 Å². The maximum atomic E-state index is 13.0. The van der Waals surface area contributed by atoms with Crippen molar-refractivity contribution in [3.63, 3.8) is 0 Å². The van der Waals surface area contributed by atoms with Crippen molar-refractivity contribution in [1.82, 2.24) is 4.90 Å². The molecule has 8 heteroatoms. The predicted octanol–water partition coefficient (Wildman–Crippen LogP) is 3.30. The molecule has 0 radical (unpaired) electrons. The van der Waals surface area contributed by atoms with E-state index in [0.717, 1.165) is 5.56 Å². The lowest BCUT2D eigenvalue weighted by Crippen LogP contribution is -2.31. The van der Waals surface area contributed by atoms with Crippen molar-refractivity contribution in [3.05, 3.63) is 64.7 Å². The van der Waals surface area contributed by atoms with E-state index in [1.165, 1.54) is 19.1 Å². The van der Waals surface area contributed by atoms with Crippen molar-refractivity contribution in [2.75, 3.05) is 20.8 Å². The average molecular weight is 439 g/mol. The Morgan fingerprint density at radius 1 is 1.00 bits per heavy atom. The Labute approximate surface area is 185 Å². The molecule has 0 bridgehead atoms. The first kappa shape index (κ1) is 22.9. The van der Waals surface area contributed by atoms with Crippen LogP contribution in [0.25, 0.3) is 5.76 Å². The highest BCUT2D eigenvalue weighted by atomic mass is 16.5. The molecule has 1 heterocycles. The smallest absolute Gasteiger partial charge is 0.303 e. The van der Waals surface area contributed by atoms with Crippen LogP contribution >= 0.6 is 0 Å². The molecule has 32 heavy (non-hydrogen) atoms. The summed E-state index contributed by atoms with van der Waals surface area (Å²) in [5, 5.41) is 20.0. The van der Waals surface area contributed by atoms with Crippen molar-refractivity contribution in [3.8, 4) is 11.5 Å². The first-order valence-electron chi connectivity index (χ1n) is 10.1. The Morgan fingerprint density at radius 3 is 2.25 bits per heavy atom. The Bertz CT molecular complexity index is 1070. The van der Waals surface area contributed by atoms with Gasteiger partial charge in [0, 0.05) is 18.5 Å². The van der Waals surface area contributed by atoms with Crippen molar-refractivity contribution >= 4 is 23.4 Å². The molecule has 8 nitrogen and oxygen atoms in total. The zero-order valence-corrected chi connectivity index (χ0v) is 18.1. The van der Waals surface area contributed by atoms with Gasteiger partial charge in [0.2, 0.25) is 0 Å². The molecule has 2 aromatic rings. The number of aliphatic hydroxyl groups excluding tert-OH is 1. The lowest BCUT2D eigenvalue weighted by Gasteiger charge is -2.25. The van der Waals surface area contributed by atoms with Gasteiger partial charge in [-0.2, -0.15) is 0 Å². The number of aliphatic carboxylic acids is 1. The summed E-state index contributed by atoms with van der Waals surface area (Å²) in [4.78, 5) is 38.1. The zero-order chi connectivity index (χ0) is 23.4. The van der Waals surface area contributed by atoms with Crippen LogP contribution < -0.4 is 9.47 Å². The van der Waals surface area contributed by atoms with Gasteiger partial charge in [-0.3, -0.25) is 14.4 Å². The van der Waals surface area contributed by atoms with E-state index in [2.05, 4.69) is 0 Å². The summed E-state index contributed by atoms with van der Waals surface area (Å²) in [5.41, 5.74) is 1.86. The summed E-state index contributed by atoms with van der Waals surface area (Å²) >= 11 is 0. The fourth-order valence-electron chi connectivity index (χ4n) is 3.75. The molecule has 1 unspecified atom stereocenters. The third kappa shape index (κ3) is 4.44. The number of carbonyl (C=O) groups is 3. The van der Waals surface area contributed by atoms with E-state index < -0.39 is 23.7 Å². The fourth-order valence-corrected chi connectivity index (χ4v) is 3.75. The van der Waals surface area contributed by atoms with E-state index >= 15 is 0 Å². The van der Waals surface area contributed by atoms with E-state index in [1.807, 2.05) is 6.92 Å². The Balaban J connectivity index is 2.14. The highest BCUT2D eigenvalue weighted by Gasteiger charge is 2.46. The van der Waals surface area contributed by atoms with Crippen LogP contribution in [0.4, 0.5) is 0 Å². The number of amides is 1. The van der Waals surface area contributed by atoms with Gasteiger partial charge in [0.05, 0.1) is 25.8 Å². The number of hydrogen-bond acceptors (Lipinski definition) is 6. The number of carbonyl (C=O) groups excluding carboxylic acids is 2. The topological polar surface area (TPSA) is 113 Å². The quantitative estimate of drug-likeness (QED) is 0.369. The number of carboxylic acids is 1. The van der Waals surface area contributed by atoms with E-state index in [4.69, 9.17) is 14.6 Å². The molecule has 1 saturated heterocycles. The van der Waals surface area contributed by atoms with Gasteiger partial charge in [-0.25, -0.2) is 0 Å². The summed E-state index contributed by atoms with van der Waals surface area (Å²) in [6.07, 6.45) is 0.0103. The zero-order valence-electron chi connectivity index (χ0n) is 18.1. The summed E-state index contributed by atoms with van der Waals surface area (Å²) in [6, 6.07) is 11.0. The second kappa shape index (κ2) is 9.55. The molecule has 3 rings (SSSR count). The lowest BCUT2D eigenvalue weighted by atomic mass is 9.94. The van der Waals surface area contributed by atoms with Gasteiger partial charge in [-0.15, -0.1) is 0 Å². The van der Waals surface area contributed by atoms with Crippen LogP contribution in [0, 0.1) is 6.92 Å². The van der Waals surface area contributed by atoms with Gasteiger partial charge < -0.3 is 24.6 Å². The van der Waals surface area contributed by atoms with Crippen molar-refractivity contribution in [1.29, 1.82) is 0 Å². The second-order valence-electron chi connectivity index (χ2n) is 7.47. The third-order valence-electron chi connectivity index (χ3n) is 5.38. The molecule has 1 fully saturated rings. The van der Waals surface area contributed by atoms with Gasteiger partial charge in [-0.1, -0.05) is 35.9 Å². The minimum atomic E-state index is -0.996. The van der Waals surface area contributed by atoms with Gasteiger partial charge in [-0.05, 0) is 31.0 Å². The molecular formula is C24H25NO7. The van der Waals surface area contributed by atoms with Crippen LogP contribution in [-0.2, 0) is 14.4 Å². The van der Waals surface area contributed by atoms with Crippen LogP contribution in [0.1, 0.15) is 35.6 Å². The molecule has 0 saturated carbocycles. The number of aryl methyl sites for hydroxylation is 1. The maximum absolute atomic E-state index is 13.0. The number of ether oxygens (including phenoxy) is 2. The molecule has 1 aliphatic rings. The fraction of sp³-hybridized carbons (Fsp3) is 0.292. The highest BCUT2D eigenvalue weighted by Crippen LogP contribution is 2.42. The molecule has 1 amide bonds. The van der Waals surface area contributed by atoms with E-state index in [0.29, 0.717) is 22.6 Å². The molecule has 1 aliphatic heterocycles. The molecule has 2 N–H and O–H groups in total. The molecule has 2 aromatic carbocycles. The van der Waals surface area contributed by atoms with Crippen LogP contribution in [0.15, 0.2) is 48.0 Å². The van der Waals surface area contributed by atoms with Gasteiger partial charge >= 0.3 is 5.97 Å². The van der Waals surface area contributed by atoms with Crippen molar-refractivity contribution in [2.45, 2.75) is 25.8 Å². The summed E-state index contributed by atoms with van der Waals surface area (Å²) in [5.74, 6) is -2.02. The van der Waals surface area contributed by atoms with Gasteiger partial charge in [0.25, 0.3) is 11.7 Å². The number of Topliss-reactive ketones (excluding diaryl/α,β-unsaturated/α-hetero) is 1. The first-order chi connectivity index (χ1) is 15.3. The first-order valence-corrected chi connectivity index (χ1v) is 10.1. The van der Waals surface area contributed by atoms with E-state index in [1.54, 1.807) is 42.5 Å². The predicted molar refractivity (Wildman–Crippen MR) is 117 cm³/mol. The Morgan fingerprint density at radius 2 is 1.66 bits per heavy atom. The SMILES string of the molecule is COc1ccc(C2/C(=C(/O)c3ccc(C)cc3)C(=O)C(=O)N2CCCC(=O)O)cc1OC. The highest BCUT2D eigenvalue weighted by molar-refractivity contribution is 6.46. The van der Waals surface area contributed by atoms with Crippen LogP contribution in [0.2, 0.25) is 0 Å². The Kier molecular flexibility index (Phi) is 6.82. The summed E-state index contributed by atoms with van der Waals surface area (Å²) in [7, 11) is 2.96. The number of rotatable bonds is 8. The number of aliphatic hydroxyl groups is 1. The lowest BCUT2D eigenvalue weighted by molar-refractivity contribution is -0.140. The normalized spacial score (nSPS) is 17.5. The number of benzene rings is 2. The summed E-state index contributed by atoms with van der Waals surface area (Å²) in [6.45, 7) is 1.94. The third-order valence-corrected chi connectivity index (χ3v) is 5.38.